The summed E-state index contributed by atoms with van der Waals surface area (Å²) in [6, 6.07) is 5.11. The summed E-state index contributed by atoms with van der Waals surface area (Å²) >= 11 is 1.18. The number of methoxy groups -OCH3 is 2. The highest BCUT2D eigenvalue weighted by Crippen LogP contribution is 2.24. The van der Waals surface area contributed by atoms with Gasteiger partial charge in [-0.25, -0.2) is 8.78 Å². The van der Waals surface area contributed by atoms with Crippen LogP contribution in [0.3, 0.4) is 0 Å². The van der Waals surface area contributed by atoms with Crippen molar-refractivity contribution in [1.29, 1.82) is 0 Å². The molecule has 0 fully saturated rings. The summed E-state index contributed by atoms with van der Waals surface area (Å²) < 4.78 is 37.1. The highest BCUT2D eigenvalue weighted by molar-refractivity contribution is 7.98. The lowest BCUT2D eigenvalue weighted by atomic mass is 10.2. The van der Waals surface area contributed by atoms with Gasteiger partial charge in [-0.15, -0.1) is 10.2 Å². The first-order chi connectivity index (χ1) is 10.6. The molecule has 0 saturated carbocycles. The molecular formula is C13H14F2N4O2S. The van der Waals surface area contributed by atoms with E-state index in [0.29, 0.717) is 17.1 Å². The molecule has 2 aromatic rings. The molecule has 0 spiro atoms. The van der Waals surface area contributed by atoms with Gasteiger partial charge in [-0.1, -0.05) is 11.8 Å². The summed E-state index contributed by atoms with van der Waals surface area (Å²) in [4.78, 5) is 0. The maximum absolute atomic E-state index is 12.9. The summed E-state index contributed by atoms with van der Waals surface area (Å²) in [5.41, 5.74) is 0.615. The lowest BCUT2D eigenvalue weighted by Crippen LogP contribution is -2.01. The monoisotopic (exact) mass is 328 g/mol. The number of hydrogen-bond donors (Lipinski definition) is 0. The minimum Gasteiger partial charge on any atom is -0.497 e. The topological polar surface area (TPSA) is 61.5 Å². The van der Waals surface area contributed by atoms with Crippen molar-refractivity contribution in [3.05, 3.63) is 29.6 Å². The van der Waals surface area contributed by atoms with E-state index in [2.05, 4.69) is 15.3 Å². The number of nitrogens with zero attached hydrogens (tertiary/aromatic N) is 4. The Hall–Kier alpha value is -2.16. The van der Waals surface area contributed by atoms with Gasteiger partial charge in [0.05, 0.1) is 20.4 Å². The van der Waals surface area contributed by atoms with E-state index in [1.807, 2.05) is 0 Å². The molecule has 0 aliphatic carbocycles. The van der Waals surface area contributed by atoms with E-state index in [1.54, 1.807) is 31.6 Å². The number of halogens is 2. The zero-order chi connectivity index (χ0) is 16.1. The number of benzene rings is 1. The van der Waals surface area contributed by atoms with Crippen LogP contribution >= 0.6 is 11.8 Å². The number of ether oxygens (including phenoxy) is 2. The van der Waals surface area contributed by atoms with Crippen molar-refractivity contribution >= 4 is 18.0 Å². The van der Waals surface area contributed by atoms with E-state index >= 15 is 0 Å². The van der Waals surface area contributed by atoms with Crippen LogP contribution in [0.1, 0.15) is 17.8 Å². The molecule has 0 radical (unpaired) electrons. The van der Waals surface area contributed by atoms with Crippen LogP contribution in [-0.2, 0) is 0 Å². The van der Waals surface area contributed by atoms with Crippen LogP contribution in [0, 0.1) is 0 Å². The Morgan fingerprint density at radius 1 is 1.27 bits per heavy atom. The molecule has 1 aromatic heterocycles. The third kappa shape index (κ3) is 3.35. The summed E-state index contributed by atoms with van der Waals surface area (Å²) in [7, 11) is 3.04. The van der Waals surface area contributed by atoms with Gasteiger partial charge in [0.15, 0.2) is 0 Å². The Balaban J connectivity index is 2.38. The largest absolute Gasteiger partial charge is 0.497 e. The predicted molar refractivity (Wildman–Crippen MR) is 79.3 cm³/mol. The molecule has 22 heavy (non-hydrogen) atoms. The van der Waals surface area contributed by atoms with E-state index in [0.717, 1.165) is 4.68 Å². The number of alkyl halides is 2. The minimum absolute atomic E-state index is 0.277. The smallest absolute Gasteiger partial charge is 0.299 e. The van der Waals surface area contributed by atoms with Crippen LogP contribution in [0.5, 0.6) is 11.5 Å². The Morgan fingerprint density at radius 2 is 2.05 bits per heavy atom. The van der Waals surface area contributed by atoms with Crippen LogP contribution in [0.15, 0.2) is 28.5 Å². The van der Waals surface area contributed by atoms with Crippen molar-refractivity contribution in [2.75, 3.05) is 20.5 Å². The first-order valence-corrected chi connectivity index (χ1v) is 7.37. The zero-order valence-electron chi connectivity index (χ0n) is 12.2. The highest BCUT2D eigenvalue weighted by atomic mass is 32.2. The van der Waals surface area contributed by atoms with Gasteiger partial charge in [-0.3, -0.25) is 0 Å². The Morgan fingerprint density at radius 3 is 2.64 bits per heavy atom. The van der Waals surface area contributed by atoms with Gasteiger partial charge in [0.25, 0.3) is 6.43 Å². The Bertz CT molecular complexity index is 676. The van der Waals surface area contributed by atoms with Gasteiger partial charge in [0.1, 0.15) is 11.5 Å². The maximum atomic E-state index is 12.9. The van der Waals surface area contributed by atoms with Crippen LogP contribution in [0.2, 0.25) is 0 Å². The summed E-state index contributed by atoms with van der Waals surface area (Å²) in [6.07, 6.45) is 0.357. The highest BCUT2D eigenvalue weighted by Gasteiger charge is 2.19. The minimum atomic E-state index is -2.76. The molecule has 0 aliphatic heterocycles. The number of hydrogen-bond acceptors (Lipinski definition) is 6. The molecule has 118 valence electrons. The van der Waals surface area contributed by atoms with Crippen LogP contribution < -0.4 is 9.47 Å². The van der Waals surface area contributed by atoms with Gasteiger partial charge in [0, 0.05) is 11.6 Å². The molecule has 0 aliphatic rings. The molecule has 1 aromatic carbocycles. The first-order valence-electron chi connectivity index (χ1n) is 6.14. The number of rotatable bonds is 6. The molecule has 0 N–H and O–H groups in total. The van der Waals surface area contributed by atoms with Crippen molar-refractivity contribution < 1.29 is 18.3 Å². The normalized spacial score (nSPS) is 11.4. The molecule has 9 heteroatoms. The van der Waals surface area contributed by atoms with Gasteiger partial charge in [-0.05, 0) is 18.4 Å². The van der Waals surface area contributed by atoms with Crippen molar-refractivity contribution in [3.63, 3.8) is 0 Å². The lowest BCUT2D eigenvalue weighted by Gasteiger charge is -2.07. The van der Waals surface area contributed by atoms with Crippen molar-refractivity contribution in [2.24, 2.45) is 5.10 Å². The lowest BCUT2D eigenvalue weighted by molar-refractivity contribution is 0.135. The molecule has 0 unspecified atom stereocenters. The molecule has 0 amide bonds. The second-order valence-corrected chi connectivity index (χ2v) is 4.78. The van der Waals surface area contributed by atoms with Crippen molar-refractivity contribution in [2.45, 2.75) is 11.6 Å². The van der Waals surface area contributed by atoms with E-state index in [4.69, 9.17) is 9.47 Å². The molecule has 6 nitrogen and oxygen atoms in total. The molecule has 0 bridgehead atoms. The second kappa shape index (κ2) is 7.21. The fourth-order valence-corrected chi connectivity index (χ4v) is 2.13. The number of aromatic nitrogens is 3. The zero-order valence-corrected chi connectivity index (χ0v) is 13.0. The Labute approximate surface area is 130 Å². The average molecular weight is 328 g/mol. The van der Waals surface area contributed by atoms with Gasteiger partial charge >= 0.3 is 0 Å². The summed E-state index contributed by atoms with van der Waals surface area (Å²) in [6.45, 7) is 0. The molecule has 2 rings (SSSR count). The fraction of sp³-hybridized carbons (Fsp3) is 0.308. The van der Waals surface area contributed by atoms with Crippen LogP contribution in [0.4, 0.5) is 8.78 Å². The van der Waals surface area contributed by atoms with E-state index in [9.17, 15) is 8.78 Å². The Kier molecular flexibility index (Phi) is 5.31. The average Bonchev–Trinajstić information content (AvgIpc) is 2.95. The fourth-order valence-electron chi connectivity index (χ4n) is 1.69. The second-order valence-electron chi connectivity index (χ2n) is 4.01. The molecule has 0 saturated heterocycles. The maximum Gasteiger partial charge on any atom is 0.299 e. The summed E-state index contributed by atoms with van der Waals surface area (Å²) in [5, 5.41) is 11.4. The third-order valence-corrected chi connectivity index (χ3v) is 3.39. The quantitative estimate of drug-likeness (QED) is 0.603. The van der Waals surface area contributed by atoms with Crippen molar-refractivity contribution in [3.8, 4) is 11.5 Å². The van der Waals surface area contributed by atoms with E-state index in [-0.39, 0.29) is 5.16 Å². The van der Waals surface area contributed by atoms with Crippen LogP contribution in [0.25, 0.3) is 0 Å². The van der Waals surface area contributed by atoms with E-state index < -0.39 is 12.2 Å². The standard InChI is InChI=1S/C13H14F2N4O2S/c1-20-9-5-4-8(10(6-9)21-2)7-16-19-12(11(14)15)17-18-13(19)22-3/h4-7,11H,1-3H3/b16-7-. The van der Waals surface area contributed by atoms with Crippen LogP contribution in [-0.4, -0.2) is 41.6 Å². The summed E-state index contributed by atoms with van der Waals surface area (Å²) in [5.74, 6) is 0.630. The molecule has 0 atom stereocenters. The third-order valence-electron chi connectivity index (χ3n) is 2.77. The van der Waals surface area contributed by atoms with Crippen molar-refractivity contribution in [1.82, 2.24) is 14.9 Å². The van der Waals surface area contributed by atoms with Gasteiger partial charge in [-0.2, -0.15) is 9.78 Å². The molecular weight excluding hydrogens is 314 g/mol. The van der Waals surface area contributed by atoms with Gasteiger partial charge < -0.3 is 9.47 Å². The number of thioether (sulfide) groups is 1. The first kappa shape index (κ1) is 16.2. The molecule has 1 heterocycles. The predicted octanol–water partition coefficient (Wildman–Crippen LogP) is 2.84. The van der Waals surface area contributed by atoms with E-state index in [1.165, 1.54) is 25.1 Å². The van der Waals surface area contributed by atoms with Gasteiger partial charge in [0.2, 0.25) is 11.0 Å². The SMILES string of the molecule is COc1ccc(/C=N\n2c(SC)nnc2C(F)F)c(OC)c1.